The van der Waals surface area contributed by atoms with Gasteiger partial charge >= 0.3 is 0 Å². The molecule has 2 aliphatic carbocycles. The summed E-state index contributed by atoms with van der Waals surface area (Å²) >= 11 is 0. The lowest BCUT2D eigenvalue weighted by atomic mass is 9.65. The number of likely N-dealkylation sites (tertiary alicyclic amines) is 1. The van der Waals surface area contributed by atoms with Gasteiger partial charge in [0.25, 0.3) is 0 Å². The minimum atomic E-state index is -1.12. The number of Topliss-reactive ketones (excluding diaryl/α,β-unsaturated/α-hetero) is 2. The first-order valence-electron chi connectivity index (χ1n) is 8.02. The van der Waals surface area contributed by atoms with Gasteiger partial charge in [-0.2, -0.15) is 0 Å². The van der Waals surface area contributed by atoms with E-state index in [-0.39, 0.29) is 33.6 Å². The fourth-order valence-electron chi connectivity index (χ4n) is 4.28. The van der Waals surface area contributed by atoms with Crippen LogP contribution in [0.4, 0.5) is 11.4 Å². The van der Waals surface area contributed by atoms with Crippen LogP contribution in [-0.2, 0) is 9.59 Å². The van der Waals surface area contributed by atoms with Gasteiger partial charge < -0.3 is 22.9 Å². The molecule has 9 nitrogen and oxygen atoms in total. The molecule has 9 heteroatoms. The summed E-state index contributed by atoms with van der Waals surface area (Å²) in [5, 5.41) is 0. The van der Waals surface area contributed by atoms with Gasteiger partial charge in [-0.25, -0.2) is 0 Å². The highest BCUT2D eigenvalue weighted by Crippen LogP contribution is 2.45. The van der Waals surface area contributed by atoms with Crippen LogP contribution in [0, 0.1) is 11.8 Å². The topological polar surface area (TPSA) is 176 Å². The van der Waals surface area contributed by atoms with E-state index in [1.165, 1.54) is 19.2 Å². The van der Waals surface area contributed by atoms with E-state index >= 15 is 0 Å². The number of hydrogen-bond donors (Lipinski definition) is 4. The molecule has 1 aliphatic heterocycles. The fraction of sp³-hybridized carbons (Fsp3) is 0.294. The number of nitrogens with two attached hydrogens (primary N) is 4. The Morgan fingerprint density at radius 2 is 1.12 bits per heavy atom. The molecule has 1 saturated heterocycles. The zero-order valence-corrected chi connectivity index (χ0v) is 13.9. The predicted octanol–water partition coefficient (Wildman–Crippen LogP) is -1.57. The normalized spacial score (nSPS) is 30.5. The summed E-state index contributed by atoms with van der Waals surface area (Å²) < 4.78 is 0. The Bertz CT molecular complexity index is 891. The maximum atomic E-state index is 13.1. The van der Waals surface area contributed by atoms with Crippen molar-refractivity contribution in [1.29, 1.82) is 0 Å². The van der Waals surface area contributed by atoms with Gasteiger partial charge in [0.05, 0.1) is 23.0 Å². The van der Waals surface area contributed by atoms with Crippen LogP contribution in [-0.4, -0.2) is 47.4 Å². The van der Waals surface area contributed by atoms with E-state index in [0.717, 1.165) is 4.90 Å². The summed E-state index contributed by atoms with van der Waals surface area (Å²) in [6.45, 7) is 0. The molecule has 4 rings (SSSR count). The summed E-state index contributed by atoms with van der Waals surface area (Å²) in [5.74, 6) is -4.14. The van der Waals surface area contributed by atoms with Crippen molar-refractivity contribution in [3.05, 3.63) is 34.4 Å². The SMILES string of the molecule is CN1C(=O)C2C(N)C3=C(C(=O)c4c(N)ccc(N)c4C3=O)C(N)C2C1=O. The van der Waals surface area contributed by atoms with Gasteiger partial charge in [0, 0.05) is 41.7 Å². The first kappa shape index (κ1) is 16.4. The van der Waals surface area contributed by atoms with Crippen LogP contribution in [0.3, 0.4) is 0 Å². The van der Waals surface area contributed by atoms with Gasteiger partial charge in [0.1, 0.15) is 0 Å². The molecule has 0 saturated carbocycles. The fourth-order valence-corrected chi connectivity index (χ4v) is 4.28. The molecule has 134 valence electrons. The van der Waals surface area contributed by atoms with E-state index in [0.29, 0.717) is 0 Å². The van der Waals surface area contributed by atoms with Gasteiger partial charge in [0.2, 0.25) is 11.8 Å². The quantitative estimate of drug-likeness (QED) is 0.318. The van der Waals surface area contributed by atoms with Crippen molar-refractivity contribution in [1.82, 2.24) is 4.90 Å². The number of nitrogen functional groups attached to an aromatic ring is 2. The lowest BCUT2D eigenvalue weighted by Crippen LogP contribution is -2.55. The van der Waals surface area contributed by atoms with Crippen LogP contribution in [0.5, 0.6) is 0 Å². The number of benzene rings is 1. The van der Waals surface area contributed by atoms with Gasteiger partial charge in [-0.05, 0) is 12.1 Å². The van der Waals surface area contributed by atoms with E-state index in [2.05, 4.69) is 0 Å². The standard InChI is InChI=1S/C17H17N5O4/c1-22-16(25)10-11(17(22)26)13(21)9-8(12(10)20)14(23)6-4(18)2-3-5(19)7(6)15(9)24/h2-3,10-13H,18-21H2,1H3. The smallest absolute Gasteiger partial charge is 0.234 e. The van der Waals surface area contributed by atoms with Crippen LogP contribution in [0.2, 0.25) is 0 Å². The molecule has 4 unspecified atom stereocenters. The third-order valence-corrected chi connectivity index (χ3v) is 5.56. The highest BCUT2D eigenvalue weighted by molar-refractivity contribution is 6.32. The Balaban J connectivity index is 1.98. The first-order valence-corrected chi connectivity index (χ1v) is 8.02. The number of nitrogens with zero attached hydrogens (tertiary/aromatic N) is 1. The third kappa shape index (κ3) is 1.71. The van der Waals surface area contributed by atoms with Gasteiger partial charge in [0.15, 0.2) is 11.6 Å². The van der Waals surface area contributed by atoms with Crippen molar-refractivity contribution in [3.8, 4) is 0 Å². The number of hydrogen-bond acceptors (Lipinski definition) is 8. The number of rotatable bonds is 0. The lowest BCUT2D eigenvalue weighted by Gasteiger charge is -2.38. The molecule has 0 bridgehead atoms. The molecule has 1 fully saturated rings. The summed E-state index contributed by atoms with van der Waals surface area (Å²) in [7, 11) is 1.33. The summed E-state index contributed by atoms with van der Waals surface area (Å²) in [6.07, 6.45) is 0. The molecule has 0 radical (unpaired) electrons. The molecule has 26 heavy (non-hydrogen) atoms. The van der Waals surface area contributed by atoms with Crippen molar-refractivity contribution in [2.45, 2.75) is 12.1 Å². The van der Waals surface area contributed by atoms with Gasteiger partial charge in [-0.3, -0.25) is 24.1 Å². The van der Waals surface area contributed by atoms with E-state index in [1.807, 2.05) is 0 Å². The van der Waals surface area contributed by atoms with Gasteiger partial charge in [-0.15, -0.1) is 0 Å². The highest BCUT2D eigenvalue weighted by atomic mass is 16.2. The Morgan fingerprint density at radius 3 is 1.46 bits per heavy atom. The molecular formula is C17H17N5O4. The zero-order valence-electron chi connectivity index (χ0n) is 13.9. The van der Waals surface area contributed by atoms with Crippen molar-refractivity contribution >= 4 is 34.8 Å². The zero-order chi connectivity index (χ0) is 19.1. The molecule has 2 amide bonds. The number of ketones is 2. The second-order valence-corrected chi connectivity index (χ2v) is 6.82. The number of carbonyl (C=O) groups is 4. The minimum Gasteiger partial charge on any atom is -0.398 e. The summed E-state index contributed by atoms with van der Waals surface area (Å²) in [6, 6.07) is 0.614. The van der Waals surface area contributed by atoms with Crippen LogP contribution in [0.1, 0.15) is 20.7 Å². The van der Waals surface area contributed by atoms with Crippen LogP contribution in [0.15, 0.2) is 23.3 Å². The lowest BCUT2D eigenvalue weighted by molar-refractivity contribution is -0.138. The molecule has 0 aromatic heterocycles. The van der Waals surface area contributed by atoms with Crippen molar-refractivity contribution in [3.63, 3.8) is 0 Å². The van der Waals surface area contributed by atoms with Crippen LogP contribution in [0.25, 0.3) is 0 Å². The summed E-state index contributed by atoms with van der Waals surface area (Å²) in [4.78, 5) is 52.0. The largest absolute Gasteiger partial charge is 0.398 e. The van der Waals surface area contributed by atoms with Crippen LogP contribution >= 0.6 is 0 Å². The maximum absolute atomic E-state index is 13.1. The van der Waals surface area contributed by atoms with Crippen molar-refractivity contribution in [2.24, 2.45) is 23.3 Å². The molecule has 1 aromatic carbocycles. The van der Waals surface area contributed by atoms with Crippen molar-refractivity contribution in [2.75, 3.05) is 18.5 Å². The number of amides is 2. The molecule has 1 heterocycles. The number of carbonyl (C=O) groups excluding carboxylic acids is 4. The average molecular weight is 355 g/mol. The van der Waals surface area contributed by atoms with Crippen molar-refractivity contribution < 1.29 is 19.2 Å². The number of anilines is 2. The third-order valence-electron chi connectivity index (χ3n) is 5.56. The monoisotopic (exact) mass is 355 g/mol. The first-order chi connectivity index (χ1) is 12.2. The Hall–Kier alpha value is -3.04. The average Bonchev–Trinajstić information content (AvgIpc) is 2.82. The molecule has 0 spiro atoms. The molecule has 3 aliphatic rings. The second-order valence-electron chi connectivity index (χ2n) is 6.82. The Kier molecular flexibility index (Phi) is 3.15. The van der Waals surface area contributed by atoms with E-state index in [9.17, 15) is 19.2 Å². The molecule has 4 atom stereocenters. The number of imide groups is 1. The maximum Gasteiger partial charge on any atom is 0.234 e. The summed E-state index contributed by atoms with van der Waals surface area (Å²) in [5.41, 5.74) is 24.2. The second kappa shape index (κ2) is 4.99. The highest BCUT2D eigenvalue weighted by Gasteiger charge is 2.59. The van der Waals surface area contributed by atoms with E-state index < -0.39 is 47.3 Å². The molecular weight excluding hydrogens is 338 g/mol. The Morgan fingerprint density at radius 1 is 0.769 bits per heavy atom. The minimum absolute atomic E-state index is 0.0278. The molecule has 8 N–H and O–H groups in total. The van der Waals surface area contributed by atoms with Gasteiger partial charge in [-0.1, -0.05) is 0 Å². The predicted molar refractivity (Wildman–Crippen MR) is 91.7 cm³/mol. The van der Waals surface area contributed by atoms with E-state index in [1.54, 1.807) is 0 Å². The van der Waals surface area contributed by atoms with Crippen LogP contribution < -0.4 is 22.9 Å². The molecule has 1 aromatic rings. The van der Waals surface area contributed by atoms with E-state index in [4.69, 9.17) is 22.9 Å². The Labute approximate surface area is 148 Å². The number of fused-ring (bicyclic) bond motifs is 2.